The molecule has 0 bridgehead atoms. The normalized spacial score (nSPS) is 14.2. The molecular formula is C12H16N2O2. The Morgan fingerprint density at radius 2 is 2.38 bits per heavy atom. The van der Waals surface area contributed by atoms with Gasteiger partial charge >= 0.3 is 0 Å². The number of nitrogens with zero attached hydrogens (tertiary/aromatic N) is 1. The maximum Gasteiger partial charge on any atom is 0.227 e. The number of rotatable bonds is 2. The van der Waals surface area contributed by atoms with Gasteiger partial charge in [-0.05, 0) is 24.6 Å². The molecule has 0 radical (unpaired) electrons. The molecule has 1 heterocycles. The van der Waals surface area contributed by atoms with Crippen molar-refractivity contribution < 1.29 is 9.53 Å². The number of fused-ring (bicyclic) bond motifs is 1. The first-order valence-corrected chi connectivity index (χ1v) is 5.55. The molecular weight excluding hydrogens is 204 g/mol. The number of hydrogen-bond donors (Lipinski definition) is 1. The highest BCUT2D eigenvalue weighted by atomic mass is 16.5. The number of amides is 1. The van der Waals surface area contributed by atoms with Crippen LogP contribution in [0.5, 0.6) is 5.75 Å². The molecule has 1 amide bonds. The van der Waals surface area contributed by atoms with Crippen LogP contribution < -0.4 is 15.4 Å². The molecule has 0 unspecified atom stereocenters. The fourth-order valence-electron chi connectivity index (χ4n) is 1.84. The first-order chi connectivity index (χ1) is 7.72. The summed E-state index contributed by atoms with van der Waals surface area (Å²) in [5.41, 5.74) is 7.17. The summed E-state index contributed by atoms with van der Waals surface area (Å²) in [6.45, 7) is 3.15. The molecule has 4 heteroatoms. The molecule has 2 N–H and O–H groups in total. The van der Waals surface area contributed by atoms with Gasteiger partial charge in [-0.1, -0.05) is 6.92 Å². The fourth-order valence-corrected chi connectivity index (χ4v) is 1.84. The minimum absolute atomic E-state index is 0.137. The van der Waals surface area contributed by atoms with Crippen molar-refractivity contribution in [3.8, 4) is 5.75 Å². The van der Waals surface area contributed by atoms with Crippen LogP contribution in [0.15, 0.2) is 18.2 Å². The van der Waals surface area contributed by atoms with E-state index in [1.807, 2.05) is 13.0 Å². The van der Waals surface area contributed by atoms with E-state index in [1.165, 1.54) is 0 Å². The minimum Gasteiger partial charge on any atom is -0.490 e. The summed E-state index contributed by atoms with van der Waals surface area (Å²) in [6, 6.07) is 5.39. The number of carbonyl (C=O) groups is 1. The molecule has 16 heavy (non-hydrogen) atoms. The Bertz CT molecular complexity index is 404. The standard InChI is InChI=1S/C12H16N2O2/c1-2-3-12(15)14-6-7-16-11-5-4-9(13)8-10(11)14/h4-5,8H,2-3,6-7,13H2,1H3. The smallest absolute Gasteiger partial charge is 0.227 e. The second kappa shape index (κ2) is 4.43. The predicted octanol–water partition coefficient (Wildman–Crippen LogP) is 1.79. The van der Waals surface area contributed by atoms with Gasteiger partial charge in [0.15, 0.2) is 0 Å². The maximum atomic E-state index is 11.9. The van der Waals surface area contributed by atoms with E-state index in [0.717, 1.165) is 17.9 Å². The van der Waals surface area contributed by atoms with E-state index in [9.17, 15) is 4.79 Å². The average molecular weight is 220 g/mol. The third kappa shape index (κ3) is 1.96. The summed E-state index contributed by atoms with van der Waals surface area (Å²) in [7, 11) is 0. The van der Waals surface area contributed by atoms with Gasteiger partial charge in [-0.2, -0.15) is 0 Å². The van der Waals surface area contributed by atoms with Gasteiger partial charge < -0.3 is 15.4 Å². The second-order valence-corrected chi connectivity index (χ2v) is 3.87. The lowest BCUT2D eigenvalue weighted by Gasteiger charge is -2.29. The molecule has 0 spiro atoms. The molecule has 1 aromatic rings. The lowest BCUT2D eigenvalue weighted by molar-refractivity contribution is -0.118. The highest BCUT2D eigenvalue weighted by Gasteiger charge is 2.22. The zero-order valence-electron chi connectivity index (χ0n) is 9.40. The fraction of sp³-hybridized carbons (Fsp3) is 0.417. The van der Waals surface area contributed by atoms with Crippen LogP contribution >= 0.6 is 0 Å². The number of nitrogen functional groups attached to an aromatic ring is 1. The molecule has 0 aliphatic carbocycles. The highest BCUT2D eigenvalue weighted by molar-refractivity contribution is 5.95. The zero-order valence-corrected chi connectivity index (χ0v) is 9.40. The van der Waals surface area contributed by atoms with Crippen molar-refractivity contribution in [3.63, 3.8) is 0 Å². The van der Waals surface area contributed by atoms with E-state index < -0.39 is 0 Å². The van der Waals surface area contributed by atoms with Crippen LogP contribution in [0, 0.1) is 0 Å². The van der Waals surface area contributed by atoms with E-state index in [2.05, 4.69) is 0 Å². The Labute approximate surface area is 95.0 Å². The topological polar surface area (TPSA) is 55.6 Å². The summed E-state index contributed by atoms with van der Waals surface area (Å²) in [5.74, 6) is 0.877. The third-order valence-corrected chi connectivity index (χ3v) is 2.61. The van der Waals surface area contributed by atoms with E-state index in [0.29, 0.717) is 25.3 Å². The van der Waals surface area contributed by atoms with Crippen molar-refractivity contribution in [1.29, 1.82) is 0 Å². The average Bonchev–Trinajstić information content (AvgIpc) is 2.28. The molecule has 0 aromatic heterocycles. The van der Waals surface area contributed by atoms with E-state index in [-0.39, 0.29) is 5.91 Å². The largest absolute Gasteiger partial charge is 0.490 e. The van der Waals surface area contributed by atoms with Crippen molar-refractivity contribution in [2.24, 2.45) is 0 Å². The van der Waals surface area contributed by atoms with Crippen LogP contribution in [0.1, 0.15) is 19.8 Å². The van der Waals surface area contributed by atoms with Crippen LogP contribution in [-0.2, 0) is 4.79 Å². The van der Waals surface area contributed by atoms with Gasteiger partial charge in [-0.25, -0.2) is 0 Å². The van der Waals surface area contributed by atoms with Crippen molar-refractivity contribution >= 4 is 17.3 Å². The molecule has 0 saturated heterocycles. The zero-order chi connectivity index (χ0) is 11.5. The molecule has 1 aliphatic rings. The van der Waals surface area contributed by atoms with Crippen LogP contribution in [0.25, 0.3) is 0 Å². The summed E-state index contributed by atoms with van der Waals surface area (Å²) >= 11 is 0. The molecule has 4 nitrogen and oxygen atoms in total. The summed E-state index contributed by atoms with van der Waals surface area (Å²) in [5, 5.41) is 0. The second-order valence-electron chi connectivity index (χ2n) is 3.87. The lowest BCUT2D eigenvalue weighted by Crippen LogP contribution is -2.37. The maximum absolute atomic E-state index is 11.9. The Morgan fingerprint density at radius 1 is 1.56 bits per heavy atom. The number of carbonyl (C=O) groups excluding carboxylic acids is 1. The number of anilines is 2. The van der Waals surface area contributed by atoms with Crippen LogP contribution in [-0.4, -0.2) is 19.1 Å². The van der Waals surface area contributed by atoms with Crippen LogP contribution in [0.4, 0.5) is 11.4 Å². The van der Waals surface area contributed by atoms with Gasteiger partial charge in [0.1, 0.15) is 12.4 Å². The van der Waals surface area contributed by atoms with Gasteiger partial charge in [0, 0.05) is 12.1 Å². The van der Waals surface area contributed by atoms with Gasteiger partial charge in [-0.3, -0.25) is 4.79 Å². The molecule has 1 aromatic carbocycles. The Balaban J connectivity index is 2.31. The van der Waals surface area contributed by atoms with Crippen molar-refractivity contribution in [1.82, 2.24) is 0 Å². The first kappa shape index (κ1) is 10.8. The third-order valence-electron chi connectivity index (χ3n) is 2.61. The molecule has 2 rings (SSSR count). The van der Waals surface area contributed by atoms with E-state index >= 15 is 0 Å². The Morgan fingerprint density at radius 3 is 3.12 bits per heavy atom. The first-order valence-electron chi connectivity index (χ1n) is 5.55. The molecule has 0 saturated carbocycles. The van der Waals surface area contributed by atoms with Gasteiger partial charge in [0.05, 0.1) is 12.2 Å². The number of nitrogens with two attached hydrogens (primary N) is 1. The molecule has 0 atom stereocenters. The van der Waals surface area contributed by atoms with E-state index in [4.69, 9.17) is 10.5 Å². The number of ether oxygens (including phenoxy) is 1. The summed E-state index contributed by atoms with van der Waals surface area (Å²) < 4.78 is 5.49. The van der Waals surface area contributed by atoms with Gasteiger partial charge in [0.2, 0.25) is 5.91 Å². The number of hydrogen-bond acceptors (Lipinski definition) is 3. The quantitative estimate of drug-likeness (QED) is 0.773. The van der Waals surface area contributed by atoms with E-state index in [1.54, 1.807) is 17.0 Å². The van der Waals surface area contributed by atoms with Gasteiger partial charge in [-0.15, -0.1) is 0 Å². The molecule has 86 valence electrons. The highest BCUT2D eigenvalue weighted by Crippen LogP contribution is 2.33. The predicted molar refractivity (Wildman–Crippen MR) is 63.6 cm³/mol. The molecule has 0 fully saturated rings. The summed E-state index contributed by atoms with van der Waals surface area (Å²) in [6.07, 6.45) is 1.42. The van der Waals surface area contributed by atoms with Crippen LogP contribution in [0.2, 0.25) is 0 Å². The van der Waals surface area contributed by atoms with Gasteiger partial charge in [0.25, 0.3) is 0 Å². The minimum atomic E-state index is 0.137. The van der Waals surface area contributed by atoms with Crippen LogP contribution in [0.3, 0.4) is 0 Å². The van der Waals surface area contributed by atoms with Crippen molar-refractivity contribution in [2.75, 3.05) is 23.8 Å². The van der Waals surface area contributed by atoms with Crippen molar-refractivity contribution in [2.45, 2.75) is 19.8 Å². The molecule has 1 aliphatic heterocycles. The summed E-state index contributed by atoms with van der Waals surface area (Å²) in [4.78, 5) is 13.7. The monoisotopic (exact) mass is 220 g/mol. The Hall–Kier alpha value is -1.71. The SMILES string of the molecule is CCCC(=O)N1CCOc2ccc(N)cc21. The Kier molecular flexibility index (Phi) is 2.99. The number of benzene rings is 1. The lowest BCUT2D eigenvalue weighted by atomic mass is 10.2. The van der Waals surface area contributed by atoms with Crippen molar-refractivity contribution in [3.05, 3.63) is 18.2 Å².